The first kappa shape index (κ1) is 17.0. The maximum atomic E-state index is 12.7. The molecular formula is C18H24N6O2. The standard InChI is InChI=1S/C18H24N6O2/c1-12-14(11-23(2)22-12)9-15(25)24-6-4-18(5-7-24)16-13(3-8-26-18)10-20-17(19)21-16/h10-11H,3-9H2,1-2H3,(H2,19,20,21). The molecule has 8 nitrogen and oxygen atoms in total. The molecule has 1 fully saturated rings. The Kier molecular flexibility index (Phi) is 4.14. The van der Waals surface area contributed by atoms with E-state index in [0.717, 1.165) is 41.8 Å². The third kappa shape index (κ3) is 2.94. The lowest BCUT2D eigenvalue weighted by molar-refractivity contribution is -0.140. The molecule has 8 heteroatoms. The lowest BCUT2D eigenvalue weighted by Gasteiger charge is -2.44. The van der Waals surface area contributed by atoms with Gasteiger partial charge in [0.15, 0.2) is 0 Å². The lowest BCUT2D eigenvalue weighted by Crippen LogP contribution is -2.49. The van der Waals surface area contributed by atoms with Gasteiger partial charge in [0.2, 0.25) is 11.9 Å². The van der Waals surface area contributed by atoms with Gasteiger partial charge >= 0.3 is 0 Å². The Bertz CT molecular complexity index is 838. The summed E-state index contributed by atoms with van der Waals surface area (Å²) in [6.45, 7) is 3.90. The second-order valence-corrected chi connectivity index (χ2v) is 7.17. The highest BCUT2D eigenvalue weighted by Gasteiger charge is 2.43. The molecule has 0 atom stereocenters. The van der Waals surface area contributed by atoms with E-state index in [2.05, 4.69) is 15.1 Å². The van der Waals surface area contributed by atoms with Gasteiger partial charge in [-0.15, -0.1) is 0 Å². The number of carbonyl (C=O) groups is 1. The summed E-state index contributed by atoms with van der Waals surface area (Å²) in [7, 11) is 1.87. The molecule has 1 saturated heterocycles. The van der Waals surface area contributed by atoms with Gasteiger partial charge < -0.3 is 15.4 Å². The van der Waals surface area contributed by atoms with E-state index in [1.54, 1.807) is 4.68 Å². The number of anilines is 1. The molecule has 0 unspecified atom stereocenters. The van der Waals surface area contributed by atoms with E-state index in [1.165, 1.54) is 0 Å². The van der Waals surface area contributed by atoms with E-state index in [1.807, 2.05) is 31.3 Å². The number of hydrogen-bond donors (Lipinski definition) is 1. The van der Waals surface area contributed by atoms with Crippen molar-refractivity contribution in [1.29, 1.82) is 0 Å². The summed E-state index contributed by atoms with van der Waals surface area (Å²) >= 11 is 0. The van der Waals surface area contributed by atoms with Crippen molar-refractivity contribution in [2.24, 2.45) is 7.05 Å². The Hall–Kier alpha value is -2.48. The van der Waals surface area contributed by atoms with Crippen LogP contribution in [0.5, 0.6) is 0 Å². The number of piperidine rings is 1. The minimum atomic E-state index is -0.439. The van der Waals surface area contributed by atoms with Gasteiger partial charge in [0.05, 0.1) is 24.4 Å². The van der Waals surface area contributed by atoms with Crippen LogP contribution in [0.4, 0.5) is 5.95 Å². The molecule has 26 heavy (non-hydrogen) atoms. The Balaban J connectivity index is 1.47. The van der Waals surface area contributed by atoms with Crippen molar-refractivity contribution in [3.05, 3.63) is 34.9 Å². The predicted molar refractivity (Wildman–Crippen MR) is 95.2 cm³/mol. The van der Waals surface area contributed by atoms with Crippen molar-refractivity contribution in [2.45, 2.75) is 38.2 Å². The molecule has 2 aromatic rings. The zero-order valence-electron chi connectivity index (χ0n) is 15.2. The van der Waals surface area contributed by atoms with Crippen molar-refractivity contribution >= 4 is 11.9 Å². The smallest absolute Gasteiger partial charge is 0.227 e. The minimum absolute atomic E-state index is 0.134. The number of fused-ring (bicyclic) bond motifs is 2. The molecule has 2 N–H and O–H groups in total. The molecule has 138 valence electrons. The van der Waals surface area contributed by atoms with E-state index >= 15 is 0 Å². The molecule has 1 amide bonds. The van der Waals surface area contributed by atoms with Crippen molar-refractivity contribution in [2.75, 3.05) is 25.4 Å². The summed E-state index contributed by atoms with van der Waals surface area (Å²) in [6.07, 6.45) is 6.38. The number of rotatable bonds is 2. The molecule has 0 radical (unpaired) electrons. The number of likely N-dealkylation sites (tertiary alicyclic amines) is 1. The summed E-state index contributed by atoms with van der Waals surface area (Å²) in [5, 5.41) is 4.31. The molecule has 0 aromatic carbocycles. The van der Waals surface area contributed by atoms with Crippen LogP contribution in [0.15, 0.2) is 12.4 Å². The van der Waals surface area contributed by atoms with Gasteiger partial charge in [-0.2, -0.15) is 5.10 Å². The van der Waals surface area contributed by atoms with Crippen molar-refractivity contribution in [3.63, 3.8) is 0 Å². The number of carbonyl (C=O) groups excluding carboxylic acids is 1. The summed E-state index contributed by atoms with van der Waals surface area (Å²) in [6, 6.07) is 0. The number of aryl methyl sites for hydroxylation is 2. The Labute approximate surface area is 152 Å². The van der Waals surface area contributed by atoms with Crippen LogP contribution in [0, 0.1) is 6.92 Å². The van der Waals surface area contributed by atoms with Crippen molar-refractivity contribution < 1.29 is 9.53 Å². The highest BCUT2D eigenvalue weighted by Crippen LogP contribution is 2.40. The summed E-state index contributed by atoms with van der Waals surface area (Å²) in [4.78, 5) is 23.2. The van der Waals surface area contributed by atoms with Crippen LogP contribution in [0.1, 0.15) is 35.4 Å². The zero-order valence-corrected chi connectivity index (χ0v) is 15.2. The Morgan fingerprint density at radius 3 is 2.85 bits per heavy atom. The molecular weight excluding hydrogens is 332 g/mol. The first-order valence-corrected chi connectivity index (χ1v) is 8.99. The average molecular weight is 356 g/mol. The zero-order chi connectivity index (χ0) is 18.3. The molecule has 0 aliphatic carbocycles. The molecule has 0 bridgehead atoms. The monoisotopic (exact) mass is 356 g/mol. The molecule has 2 aliphatic rings. The first-order chi connectivity index (χ1) is 12.5. The SMILES string of the molecule is Cc1nn(C)cc1CC(=O)N1CCC2(CC1)OCCc1cnc(N)nc12. The predicted octanol–water partition coefficient (Wildman–Crippen LogP) is 0.734. The van der Waals surface area contributed by atoms with Gasteiger partial charge in [-0.25, -0.2) is 9.97 Å². The van der Waals surface area contributed by atoms with E-state index in [9.17, 15) is 4.79 Å². The van der Waals surface area contributed by atoms with Crippen LogP contribution in [0.25, 0.3) is 0 Å². The fourth-order valence-electron chi connectivity index (χ4n) is 4.02. The van der Waals surface area contributed by atoms with E-state index in [-0.39, 0.29) is 11.9 Å². The van der Waals surface area contributed by atoms with E-state index in [0.29, 0.717) is 26.1 Å². The largest absolute Gasteiger partial charge is 0.368 e. The normalized spacial score (nSPS) is 18.8. The number of amides is 1. The summed E-state index contributed by atoms with van der Waals surface area (Å²) < 4.78 is 7.91. The number of nitrogens with two attached hydrogens (primary N) is 1. The third-order valence-electron chi connectivity index (χ3n) is 5.45. The number of ether oxygens (including phenoxy) is 1. The number of nitrogens with zero attached hydrogens (tertiary/aromatic N) is 5. The molecule has 4 heterocycles. The minimum Gasteiger partial charge on any atom is -0.368 e. The van der Waals surface area contributed by atoms with Gasteiger partial charge in [0.1, 0.15) is 5.60 Å². The summed E-state index contributed by atoms with van der Waals surface area (Å²) in [5.74, 6) is 0.411. The maximum Gasteiger partial charge on any atom is 0.227 e. The second-order valence-electron chi connectivity index (χ2n) is 7.17. The quantitative estimate of drug-likeness (QED) is 0.852. The number of nitrogen functional groups attached to an aromatic ring is 1. The van der Waals surface area contributed by atoms with E-state index in [4.69, 9.17) is 10.5 Å². The van der Waals surface area contributed by atoms with Crippen LogP contribution >= 0.6 is 0 Å². The van der Waals surface area contributed by atoms with E-state index < -0.39 is 5.60 Å². The molecule has 2 aromatic heterocycles. The summed E-state index contributed by atoms with van der Waals surface area (Å²) in [5.41, 5.74) is 9.27. The van der Waals surface area contributed by atoms with Gasteiger partial charge in [-0.05, 0) is 31.7 Å². The number of aromatic nitrogens is 4. The molecule has 4 rings (SSSR count). The second kappa shape index (κ2) is 6.35. The number of hydrogen-bond acceptors (Lipinski definition) is 6. The molecule has 2 aliphatic heterocycles. The topological polar surface area (TPSA) is 99.2 Å². The fourth-order valence-corrected chi connectivity index (χ4v) is 4.02. The van der Waals surface area contributed by atoms with Crippen LogP contribution in [0.3, 0.4) is 0 Å². The van der Waals surface area contributed by atoms with Crippen LogP contribution < -0.4 is 5.73 Å². The van der Waals surface area contributed by atoms with Crippen LogP contribution in [0.2, 0.25) is 0 Å². The van der Waals surface area contributed by atoms with Gasteiger partial charge in [-0.3, -0.25) is 9.48 Å². The fraction of sp³-hybridized carbons (Fsp3) is 0.556. The van der Waals surface area contributed by atoms with Crippen LogP contribution in [-0.4, -0.2) is 50.3 Å². The van der Waals surface area contributed by atoms with Gasteiger partial charge in [-0.1, -0.05) is 0 Å². The Morgan fingerprint density at radius 1 is 1.38 bits per heavy atom. The van der Waals surface area contributed by atoms with Gasteiger partial charge in [0, 0.05) is 38.1 Å². The highest BCUT2D eigenvalue weighted by molar-refractivity contribution is 5.79. The molecule has 0 saturated carbocycles. The highest BCUT2D eigenvalue weighted by atomic mass is 16.5. The van der Waals surface area contributed by atoms with Gasteiger partial charge in [0.25, 0.3) is 0 Å². The third-order valence-corrected chi connectivity index (χ3v) is 5.45. The average Bonchev–Trinajstić information content (AvgIpc) is 2.93. The van der Waals surface area contributed by atoms with Crippen molar-refractivity contribution in [1.82, 2.24) is 24.6 Å². The van der Waals surface area contributed by atoms with Crippen molar-refractivity contribution in [3.8, 4) is 0 Å². The van der Waals surface area contributed by atoms with Crippen LogP contribution in [-0.2, 0) is 35.0 Å². The lowest BCUT2D eigenvalue weighted by atomic mass is 9.83. The first-order valence-electron chi connectivity index (χ1n) is 8.99. The molecule has 1 spiro atoms. The maximum absolute atomic E-state index is 12.7. The Morgan fingerprint density at radius 2 is 2.15 bits per heavy atom.